The van der Waals surface area contributed by atoms with Gasteiger partial charge in [-0.3, -0.25) is 10.1 Å². The Morgan fingerprint density at radius 1 is 0.886 bits per heavy atom. The molecule has 35 heavy (non-hydrogen) atoms. The number of benzene rings is 3. The van der Waals surface area contributed by atoms with Crippen LogP contribution in [-0.2, 0) is 0 Å². The van der Waals surface area contributed by atoms with Crippen molar-refractivity contribution in [2.24, 2.45) is 0 Å². The van der Waals surface area contributed by atoms with Gasteiger partial charge in [0, 0.05) is 31.4 Å². The van der Waals surface area contributed by atoms with Crippen LogP contribution in [0.4, 0.5) is 25.8 Å². The van der Waals surface area contributed by atoms with Crippen molar-refractivity contribution in [3.8, 4) is 0 Å². The molecule has 182 valence electrons. The van der Waals surface area contributed by atoms with Crippen LogP contribution in [0.5, 0.6) is 0 Å². The van der Waals surface area contributed by atoms with E-state index in [4.69, 9.17) is 11.6 Å². The zero-order chi connectivity index (χ0) is 24.5. The summed E-state index contributed by atoms with van der Waals surface area (Å²) >= 11 is 5.97. The Balaban J connectivity index is 1.36. The summed E-state index contributed by atoms with van der Waals surface area (Å²) in [5.41, 5.74) is 2.29. The second-order valence-electron chi connectivity index (χ2n) is 9.25. The van der Waals surface area contributed by atoms with E-state index < -0.39 is 16.6 Å². The van der Waals surface area contributed by atoms with Crippen molar-refractivity contribution in [2.45, 2.75) is 37.6 Å². The molecule has 0 aliphatic carbocycles. The van der Waals surface area contributed by atoms with E-state index in [-0.39, 0.29) is 22.4 Å². The third-order valence-electron chi connectivity index (χ3n) is 7.22. The lowest BCUT2D eigenvalue weighted by Crippen LogP contribution is -2.34. The van der Waals surface area contributed by atoms with Crippen molar-refractivity contribution in [2.75, 3.05) is 29.4 Å². The second-order valence-corrected chi connectivity index (χ2v) is 9.66. The molecule has 2 aliphatic heterocycles. The van der Waals surface area contributed by atoms with Crippen LogP contribution in [0.3, 0.4) is 0 Å². The van der Waals surface area contributed by atoms with Gasteiger partial charge in [0.2, 0.25) is 0 Å². The molecule has 2 heterocycles. The summed E-state index contributed by atoms with van der Waals surface area (Å²) in [7, 11) is 0. The van der Waals surface area contributed by atoms with Crippen molar-refractivity contribution in [1.29, 1.82) is 0 Å². The normalized spacial score (nSPS) is 18.8. The Hall–Kier alpha value is -3.19. The Bertz CT molecular complexity index is 1210. The number of hydrogen-bond acceptors (Lipinski definition) is 4. The molecule has 0 radical (unpaired) electrons. The van der Waals surface area contributed by atoms with Crippen LogP contribution in [0.1, 0.15) is 48.8 Å². The predicted octanol–water partition coefficient (Wildman–Crippen LogP) is 7.25. The van der Waals surface area contributed by atoms with Crippen molar-refractivity contribution in [3.63, 3.8) is 0 Å². The van der Waals surface area contributed by atoms with Crippen molar-refractivity contribution in [3.05, 3.63) is 98.6 Å². The van der Waals surface area contributed by atoms with Gasteiger partial charge in [-0.1, -0.05) is 48.0 Å². The van der Waals surface area contributed by atoms with Gasteiger partial charge in [0.05, 0.1) is 11.0 Å². The SMILES string of the molecule is O=[N+]([O-])c1cc(C2CCCN2c2cc(F)c(N3CCC(c4ccccc4)CC3)c(F)c2)ccc1Cl. The molecule has 3 aromatic rings. The molecule has 5 rings (SSSR count). The van der Waals surface area contributed by atoms with E-state index in [1.165, 1.54) is 29.8 Å². The minimum absolute atomic E-state index is 0.0261. The van der Waals surface area contributed by atoms with Gasteiger partial charge in [0.1, 0.15) is 10.7 Å². The molecule has 0 spiro atoms. The van der Waals surface area contributed by atoms with Crippen LogP contribution < -0.4 is 9.80 Å². The maximum absolute atomic E-state index is 15.3. The second kappa shape index (κ2) is 9.82. The summed E-state index contributed by atoms with van der Waals surface area (Å²) < 4.78 is 30.6. The number of piperidine rings is 1. The molecule has 2 aliphatic rings. The van der Waals surface area contributed by atoms with Gasteiger partial charge >= 0.3 is 0 Å². The Labute approximate surface area is 208 Å². The van der Waals surface area contributed by atoms with Crippen molar-refractivity contribution in [1.82, 2.24) is 0 Å². The summed E-state index contributed by atoms with van der Waals surface area (Å²) in [6, 6.07) is 17.5. The van der Waals surface area contributed by atoms with Gasteiger partial charge in [-0.2, -0.15) is 0 Å². The molecule has 1 unspecified atom stereocenters. The van der Waals surface area contributed by atoms with Crippen molar-refractivity contribution >= 4 is 28.7 Å². The van der Waals surface area contributed by atoms with Crippen LogP contribution >= 0.6 is 11.6 Å². The molecular weight excluding hydrogens is 472 g/mol. The summed E-state index contributed by atoms with van der Waals surface area (Å²) in [6.45, 7) is 1.79. The standard InChI is InChI=1S/C27H26ClF2N3O2/c28-22-9-8-20(15-26(22)33(34)35)25-7-4-12-32(25)21-16-23(29)27(24(30)17-21)31-13-10-19(11-14-31)18-5-2-1-3-6-18/h1-3,5-6,8-9,15-17,19,25H,4,7,10-14H2. The highest BCUT2D eigenvalue weighted by atomic mass is 35.5. The highest BCUT2D eigenvalue weighted by molar-refractivity contribution is 6.32. The Kier molecular flexibility index (Phi) is 6.60. The summed E-state index contributed by atoms with van der Waals surface area (Å²) in [4.78, 5) is 14.5. The number of halogens is 3. The summed E-state index contributed by atoms with van der Waals surface area (Å²) in [5.74, 6) is -0.761. The predicted molar refractivity (Wildman–Crippen MR) is 134 cm³/mol. The average molecular weight is 498 g/mol. The molecule has 3 aromatic carbocycles. The lowest BCUT2D eigenvalue weighted by Gasteiger charge is -2.35. The maximum atomic E-state index is 15.3. The number of rotatable bonds is 5. The molecular formula is C27H26ClF2N3O2. The van der Waals surface area contributed by atoms with E-state index in [1.807, 2.05) is 23.1 Å². The lowest BCUT2D eigenvalue weighted by molar-refractivity contribution is -0.384. The fourth-order valence-corrected chi connectivity index (χ4v) is 5.67. The third kappa shape index (κ3) is 4.69. The lowest BCUT2D eigenvalue weighted by atomic mass is 9.89. The molecule has 0 saturated carbocycles. The molecule has 2 saturated heterocycles. The van der Waals surface area contributed by atoms with Gasteiger partial charge in [0.15, 0.2) is 11.6 Å². The van der Waals surface area contributed by atoms with Gasteiger partial charge in [-0.05, 0) is 60.9 Å². The highest BCUT2D eigenvalue weighted by Gasteiger charge is 2.31. The van der Waals surface area contributed by atoms with Crippen molar-refractivity contribution < 1.29 is 13.7 Å². The Morgan fingerprint density at radius 2 is 1.57 bits per heavy atom. The molecule has 8 heteroatoms. The number of nitro benzene ring substituents is 1. The minimum atomic E-state index is -0.578. The van der Waals surface area contributed by atoms with Crippen LogP contribution in [-0.4, -0.2) is 24.6 Å². The van der Waals surface area contributed by atoms with E-state index >= 15 is 8.78 Å². The van der Waals surface area contributed by atoms with E-state index in [9.17, 15) is 10.1 Å². The summed E-state index contributed by atoms with van der Waals surface area (Å²) in [5, 5.41) is 11.4. The Morgan fingerprint density at radius 3 is 2.23 bits per heavy atom. The summed E-state index contributed by atoms with van der Waals surface area (Å²) in [6.07, 6.45) is 3.23. The van der Waals surface area contributed by atoms with Gasteiger partial charge in [0.25, 0.3) is 5.69 Å². The molecule has 0 bridgehead atoms. The molecule has 1 atom stereocenters. The quantitative estimate of drug-likeness (QED) is 0.275. The van der Waals surface area contributed by atoms with Gasteiger partial charge in [-0.25, -0.2) is 8.78 Å². The molecule has 0 N–H and O–H groups in total. The van der Waals surface area contributed by atoms with Crippen LogP contribution in [0.2, 0.25) is 5.02 Å². The van der Waals surface area contributed by atoms with Crippen LogP contribution in [0.15, 0.2) is 60.7 Å². The van der Waals surface area contributed by atoms with E-state index in [1.54, 1.807) is 11.0 Å². The van der Waals surface area contributed by atoms with E-state index in [0.29, 0.717) is 36.8 Å². The van der Waals surface area contributed by atoms with E-state index in [2.05, 4.69) is 12.1 Å². The smallest absolute Gasteiger partial charge is 0.288 e. The first kappa shape index (κ1) is 23.5. The zero-order valence-electron chi connectivity index (χ0n) is 19.2. The minimum Gasteiger partial charge on any atom is -0.367 e. The highest BCUT2D eigenvalue weighted by Crippen LogP contribution is 2.41. The van der Waals surface area contributed by atoms with E-state index in [0.717, 1.165) is 25.7 Å². The fraction of sp³-hybridized carbons (Fsp3) is 0.333. The topological polar surface area (TPSA) is 49.6 Å². The molecule has 5 nitrogen and oxygen atoms in total. The average Bonchev–Trinajstić information content (AvgIpc) is 3.35. The third-order valence-corrected chi connectivity index (χ3v) is 7.54. The fourth-order valence-electron chi connectivity index (χ4n) is 5.48. The largest absolute Gasteiger partial charge is 0.367 e. The number of hydrogen-bond donors (Lipinski definition) is 0. The van der Waals surface area contributed by atoms with Crippen LogP contribution in [0.25, 0.3) is 0 Å². The first-order valence-electron chi connectivity index (χ1n) is 11.9. The monoisotopic (exact) mass is 497 g/mol. The zero-order valence-corrected chi connectivity index (χ0v) is 19.9. The number of nitro groups is 1. The first-order valence-corrected chi connectivity index (χ1v) is 12.3. The molecule has 0 amide bonds. The number of anilines is 2. The number of nitrogens with zero attached hydrogens (tertiary/aromatic N) is 3. The molecule has 2 fully saturated rings. The van der Waals surface area contributed by atoms with Gasteiger partial charge < -0.3 is 9.80 Å². The molecule has 0 aromatic heterocycles. The first-order chi connectivity index (χ1) is 16.9. The maximum Gasteiger partial charge on any atom is 0.288 e. The van der Waals surface area contributed by atoms with Gasteiger partial charge in [-0.15, -0.1) is 0 Å². The van der Waals surface area contributed by atoms with Crippen LogP contribution in [0, 0.1) is 21.7 Å².